The second-order valence-electron chi connectivity index (χ2n) is 13.2. The number of nitrogens with one attached hydrogen (secondary N) is 5. The molecule has 0 spiro atoms. The molecule has 0 radical (unpaired) electrons. The van der Waals surface area contributed by atoms with Crippen molar-refractivity contribution < 1.29 is 17.8 Å². The molecular formula is C56H60N22O4S. The van der Waals surface area contributed by atoms with Crippen molar-refractivity contribution in [3.05, 3.63) is 320 Å². The molecule has 1 aliphatic heterocycles. The lowest BCUT2D eigenvalue weighted by atomic mass is 10.3. The molecule has 1 aromatic carbocycles. The fraction of sp³-hybridized carbons (Fsp3) is 0.0179. The van der Waals surface area contributed by atoms with Crippen LogP contribution >= 0.6 is 11.3 Å². The number of imidazole rings is 2. The molecule has 424 valence electrons. The molecule has 0 saturated carbocycles. The molecule has 15 aromatic rings. The summed E-state index contributed by atoms with van der Waals surface area (Å²) in [6.07, 6.45) is 56.6. The molecule has 1 aliphatic rings. The number of nitrogens with zero attached hydrogens (tertiary/aromatic N) is 17. The lowest BCUT2D eigenvalue weighted by molar-refractivity contribution is 0.416. The number of fused-ring (bicyclic) bond motifs is 1. The highest BCUT2D eigenvalue weighted by molar-refractivity contribution is 7.07. The first-order chi connectivity index (χ1) is 41.5. The third kappa shape index (κ3) is 51.7. The molecule has 27 heteroatoms. The van der Waals surface area contributed by atoms with Crippen molar-refractivity contribution >= 4 is 28.6 Å². The summed E-state index contributed by atoms with van der Waals surface area (Å²) in [4.78, 5) is 59.3. The molecule has 0 fully saturated rings. The van der Waals surface area contributed by atoms with Crippen LogP contribution in [0.2, 0.25) is 0 Å². The highest BCUT2D eigenvalue weighted by Gasteiger charge is 1.88. The summed E-state index contributed by atoms with van der Waals surface area (Å²) in [5.41, 5.74) is 2.12. The van der Waals surface area contributed by atoms with E-state index in [2.05, 4.69) is 128 Å². The number of H-pyrrole nitrogens is 5. The predicted molar refractivity (Wildman–Crippen MR) is 313 cm³/mol. The first-order valence-corrected chi connectivity index (χ1v) is 24.9. The third-order valence-electron chi connectivity index (χ3n) is 7.35. The summed E-state index contributed by atoms with van der Waals surface area (Å²) in [5, 5.41) is 20.1. The fourth-order valence-corrected chi connectivity index (χ4v) is 4.55. The van der Waals surface area contributed by atoms with E-state index < -0.39 is 0 Å². The molecule has 0 aliphatic carbocycles. The summed E-state index contributed by atoms with van der Waals surface area (Å²) in [6.45, 7) is 0. The molecule has 5 N–H and O–H groups in total. The molecule has 0 amide bonds. The number of thiophene rings is 1. The van der Waals surface area contributed by atoms with Gasteiger partial charge in [-0.05, 0) is 83.6 Å². The van der Waals surface area contributed by atoms with Gasteiger partial charge >= 0.3 is 0 Å². The Morgan fingerprint density at radius 2 is 1.06 bits per heavy atom. The largest absolute Gasteiger partial charge is 0.473 e. The number of oxazole rings is 1. The van der Waals surface area contributed by atoms with Gasteiger partial charge in [-0.25, -0.2) is 44.9 Å². The van der Waals surface area contributed by atoms with Gasteiger partial charge in [0.25, 0.3) is 0 Å². The van der Waals surface area contributed by atoms with Crippen molar-refractivity contribution in [2.75, 3.05) is 0 Å². The Morgan fingerprint density at radius 1 is 0.410 bits per heavy atom. The second kappa shape index (κ2) is 59.1. The molecule has 0 unspecified atom stereocenters. The van der Waals surface area contributed by atoms with Crippen LogP contribution in [-0.4, -0.2) is 112 Å². The van der Waals surface area contributed by atoms with Gasteiger partial charge in [-0.15, -0.1) is 10.2 Å². The number of allylic oxidation sites excluding steroid dienone is 1. The smallest absolute Gasteiger partial charge is 0.213 e. The van der Waals surface area contributed by atoms with Crippen molar-refractivity contribution in [2.45, 2.75) is 6.42 Å². The van der Waals surface area contributed by atoms with E-state index in [1.54, 1.807) is 129 Å². The standard InChI is InChI=1S/C7H6N2.C5H5N.2C4H4N2.3C4H5N.C4H4O.C4H4S.C3H3N3.2C3H4N2.C3H3NO.2C2H2N2O/c1-2-4-7-6(3-1)8-5-9-7;1-2-4-6-5-3-1;1-2-6-4-3-5-1;1-2-5-4-6-3-1;5*1-2-4-5-3-1;1-4-2-6-3-5-1;1-2-5-3-4-1;1-2-4-5-3-1;1-2-5-3-4-1;1-3-4-2-5-1;1-3-2-5-4-1/h1-5H,(H,8,9);1-5H;2*1-4H;1,3-4H,2H2;2*1-5H;2*1-4H;1-3H;2*1-3H,(H,4,5);1-3H;2*1-2H. The highest BCUT2D eigenvalue weighted by Crippen LogP contribution is 2.05. The first-order valence-electron chi connectivity index (χ1n) is 24.0. The molecule has 16 rings (SSSR count). The monoisotopic (exact) mass is 1140 g/mol. The van der Waals surface area contributed by atoms with Gasteiger partial charge in [0.15, 0.2) is 12.7 Å². The molecule has 0 bridgehead atoms. The Hall–Kier alpha value is -12.1. The van der Waals surface area contributed by atoms with Gasteiger partial charge in [0.05, 0.1) is 42.4 Å². The average Bonchev–Trinajstić information content (AvgIpc) is 4.42. The van der Waals surface area contributed by atoms with Crippen LogP contribution < -0.4 is 0 Å². The van der Waals surface area contributed by atoms with E-state index >= 15 is 0 Å². The van der Waals surface area contributed by atoms with Crippen LogP contribution in [0.25, 0.3) is 11.0 Å². The zero-order chi connectivity index (χ0) is 58.4. The molecule has 0 atom stereocenters. The van der Waals surface area contributed by atoms with Crippen LogP contribution in [0.4, 0.5) is 0 Å². The quantitative estimate of drug-likeness (QED) is 0.0941. The SMILES string of the molecule is C1=CN=CC1.c1c[nH]cn1.c1cc[nH]c1.c1cc[nH]c1.c1ccc2[nH]cnc2c1.c1ccncc1.c1ccoc1.c1ccsc1.c1cn[nH]c1.c1cnccn1.c1cncnc1.c1cocn1.c1ncncn1.c1ncon1.c1nnco1. The topological polar surface area (TPSA) is 350 Å². The Kier molecular flexibility index (Phi) is 47.7. The van der Waals surface area contributed by atoms with E-state index in [9.17, 15) is 0 Å². The minimum Gasteiger partial charge on any atom is -0.473 e. The van der Waals surface area contributed by atoms with Crippen LogP contribution in [-0.2, 0) is 0 Å². The number of benzene rings is 1. The van der Waals surface area contributed by atoms with Gasteiger partial charge in [-0.3, -0.25) is 25.0 Å². The van der Waals surface area contributed by atoms with E-state index in [0.29, 0.717) is 0 Å². The minimum absolute atomic E-state index is 1.03. The normalized spacial score (nSPS) is 8.82. The van der Waals surface area contributed by atoms with Crippen molar-refractivity contribution in [1.82, 2.24) is 105 Å². The number of aromatic amines is 5. The number of hydrogen-bond donors (Lipinski definition) is 5. The van der Waals surface area contributed by atoms with Crippen molar-refractivity contribution in [3.63, 3.8) is 0 Å². The van der Waals surface area contributed by atoms with Crippen LogP contribution in [0.5, 0.6) is 0 Å². The van der Waals surface area contributed by atoms with Crippen LogP contribution in [0, 0.1) is 0 Å². The van der Waals surface area contributed by atoms with E-state index in [1.807, 2.05) is 145 Å². The average molecular weight is 1140 g/mol. The molecule has 26 nitrogen and oxygen atoms in total. The number of para-hydroxylation sites is 2. The minimum atomic E-state index is 1.03. The van der Waals surface area contributed by atoms with Gasteiger partial charge in [0, 0.05) is 118 Å². The number of rotatable bonds is 0. The van der Waals surface area contributed by atoms with Crippen LogP contribution in [0.1, 0.15) is 6.42 Å². The zero-order valence-corrected chi connectivity index (χ0v) is 45.3. The third-order valence-corrected chi connectivity index (χ3v) is 7.98. The number of aromatic nitrogens is 21. The van der Waals surface area contributed by atoms with Crippen molar-refractivity contribution in [1.29, 1.82) is 0 Å². The Balaban J connectivity index is 0.000000305. The summed E-state index contributed by atoms with van der Waals surface area (Å²) >= 11 is 1.71. The number of furan rings is 1. The van der Waals surface area contributed by atoms with Gasteiger partial charge in [0.1, 0.15) is 31.6 Å². The Labute approximate surface area is 481 Å². The molecular weight excluding hydrogens is 1080 g/mol. The summed E-state index contributed by atoms with van der Waals surface area (Å²) in [5.74, 6) is 0. The number of aliphatic imine (C=N–C) groups is 1. The highest BCUT2D eigenvalue weighted by atomic mass is 32.1. The van der Waals surface area contributed by atoms with E-state index in [4.69, 9.17) is 0 Å². The van der Waals surface area contributed by atoms with Gasteiger partial charge in [0.2, 0.25) is 19.2 Å². The van der Waals surface area contributed by atoms with Gasteiger partial charge in [-0.1, -0.05) is 41.6 Å². The fourth-order valence-electron chi connectivity index (χ4n) is 4.10. The maximum absolute atomic E-state index is 4.58. The van der Waals surface area contributed by atoms with E-state index in [-0.39, 0.29) is 0 Å². The van der Waals surface area contributed by atoms with E-state index in [1.165, 1.54) is 63.5 Å². The second-order valence-corrected chi connectivity index (χ2v) is 14.0. The molecule has 15 heterocycles. The van der Waals surface area contributed by atoms with Crippen molar-refractivity contribution in [3.8, 4) is 0 Å². The molecule has 83 heavy (non-hydrogen) atoms. The lowest BCUT2D eigenvalue weighted by Gasteiger charge is -1.81. The van der Waals surface area contributed by atoms with E-state index in [0.717, 1.165) is 17.5 Å². The molecule has 14 aromatic heterocycles. The summed E-state index contributed by atoms with van der Waals surface area (Å²) in [6, 6.07) is 32.8. The lowest BCUT2D eigenvalue weighted by Crippen LogP contribution is -1.73. The predicted octanol–water partition coefficient (Wildman–Crippen LogP) is 11.1. The number of hydrogen-bond acceptors (Lipinski definition) is 22. The summed E-state index contributed by atoms with van der Waals surface area (Å²) in [7, 11) is 0. The van der Waals surface area contributed by atoms with Crippen LogP contribution in [0.3, 0.4) is 0 Å². The van der Waals surface area contributed by atoms with Gasteiger partial charge < -0.3 is 37.7 Å². The van der Waals surface area contributed by atoms with Crippen LogP contribution in [0.15, 0.2) is 343 Å². The molecule has 0 saturated heterocycles. The first kappa shape index (κ1) is 67.0. The maximum atomic E-state index is 4.58. The summed E-state index contributed by atoms with van der Waals surface area (Å²) < 4.78 is 17.6. The van der Waals surface area contributed by atoms with Gasteiger partial charge in [-0.2, -0.15) is 16.4 Å². The van der Waals surface area contributed by atoms with Crippen molar-refractivity contribution in [2.24, 2.45) is 4.99 Å². The maximum Gasteiger partial charge on any atom is 0.213 e. The Morgan fingerprint density at radius 3 is 1.31 bits per heavy atom. The Bertz CT molecular complexity index is 2460. The number of pyridine rings is 1. The zero-order valence-electron chi connectivity index (χ0n) is 44.5.